The van der Waals surface area contributed by atoms with E-state index in [-0.39, 0.29) is 0 Å². The van der Waals surface area contributed by atoms with Crippen LogP contribution < -0.4 is 15.2 Å². The number of hydrogen-bond donors (Lipinski definition) is 0. The van der Waals surface area contributed by atoms with Crippen molar-refractivity contribution in [1.82, 2.24) is 0 Å². The average Bonchev–Trinajstić information content (AvgIpc) is 3.21. The molecule has 0 spiro atoms. The van der Waals surface area contributed by atoms with Gasteiger partial charge >= 0.3 is 0 Å². The number of hydrogen-bond acceptors (Lipinski definition) is 2. The third-order valence-electron chi connectivity index (χ3n) is 8.64. The molecule has 32 heavy (non-hydrogen) atoms. The first-order valence-corrected chi connectivity index (χ1v) is 13.1. The molecule has 2 heteroatoms. The Labute approximate surface area is 193 Å². The van der Waals surface area contributed by atoms with E-state index in [1.165, 1.54) is 52.2 Å². The molecule has 0 amide bonds. The molecule has 2 aliphatic heterocycles. The fourth-order valence-electron chi connectivity index (χ4n) is 7.24. The highest BCUT2D eigenvalue weighted by Crippen LogP contribution is 2.54. The Balaban J connectivity index is 1.30. The van der Waals surface area contributed by atoms with Crippen molar-refractivity contribution in [3.05, 3.63) is 93.6 Å². The van der Waals surface area contributed by atoms with Crippen molar-refractivity contribution < 1.29 is 4.74 Å². The zero-order valence-corrected chi connectivity index (χ0v) is 18.9. The molecule has 0 aromatic heterocycles. The lowest BCUT2D eigenvalue weighted by molar-refractivity contribution is 0.365. The lowest BCUT2D eigenvalue weighted by Gasteiger charge is -2.43. The van der Waals surface area contributed by atoms with E-state index >= 15 is 0 Å². The monoisotopic (exact) mass is 434 g/mol. The second kappa shape index (κ2) is 6.54. The number of benzene rings is 2. The van der Waals surface area contributed by atoms with Gasteiger partial charge in [-0.2, -0.15) is 0 Å². The van der Waals surface area contributed by atoms with E-state index < -0.39 is 0 Å². The summed E-state index contributed by atoms with van der Waals surface area (Å²) < 4.78 is 6.43. The van der Waals surface area contributed by atoms with Crippen LogP contribution in [0.25, 0.3) is 11.6 Å². The van der Waals surface area contributed by atoms with Crippen molar-refractivity contribution >= 4 is 23.4 Å². The van der Waals surface area contributed by atoms with Gasteiger partial charge in [0.2, 0.25) is 0 Å². The number of thioether (sulfide) groups is 1. The first-order chi connectivity index (χ1) is 15.8. The molecular formula is C30H26OS. The molecule has 0 N–H and O–H groups in total. The summed E-state index contributed by atoms with van der Waals surface area (Å²) in [6, 6.07) is 14.1. The first-order valence-electron chi connectivity index (χ1n) is 12.3. The van der Waals surface area contributed by atoms with Gasteiger partial charge in [0.15, 0.2) is 0 Å². The van der Waals surface area contributed by atoms with Crippen LogP contribution in [0, 0.1) is 11.8 Å². The summed E-state index contributed by atoms with van der Waals surface area (Å²) in [5, 5.41) is 3.40. The Kier molecular flexibility index (Phi) is 3.69. The van der Waals surface area contributed by atoms with Gasteiger partial charge in [-0.3, -0.25) is 0 Å². The molecule has 8 rings (SSSR count). The van der Waals surface area contributed by atoms with Crippen LogP contribution in [-0.2, 0) is 0 Å². The molecule has 2 aromatic carbocycles. The summed E-state index contributed by atoms with van der Waals surface area (Å²) in [6.07, 6.45) is 18.2. The average molecular weight is 435 g/mol. The molecule has 5 atom stereocenters. The van der Waals surface area contributed by atoms with E-state index in [1.807, 2.05) is 0 Å². The molecule has 6 aliphatic rings. The van der Waals surface area contributed by atoms with E-state index in [2.05, 4.69) is 78.5 Å². The van der Waals surface area contributed by atoms with Crippen molar-refractivity contribution in [1.29, 1.82) is 0 Å². The lowest BCUT2D eigenvalue weighted by atomic mass is 9.63. The number of ether oxygens (including phenoxy) is 1. The normalized spacial score (nSPS) is 32.6. The van der Waals surface area contributed by atoms with Gasteiger partial charge in [0.05, 0.1) is 0 Å². The molecule has 5 unspecified atom stereocenters. The second-order valence-corrected chi connectivity index (χ2v) is 11.4. The molecule has 0 radical (unpaired) electrons. The molecule has 1 fully saturated rings. The van der Waals surface area contributed by atoms with Gasteiger partial charge in [0.1, 0.15) is 11.5 Å². The highest BCUT2D eigenvalue weighted by molar-refractivity contribution is 8.00. The highest BCUT2D eigenvalue weighted by Gasteiger charge is 2.42. The SMILES string of the molecule is C1=CC2Sc3cc(C4C=c5cccc6c5=C5C7=C(C=CCC7CCC54)O6)ccc3C2CC1. The van der Waals surface area contributed by atoms with Crippen molar-refractivity contribution in [3.63, 3.8) is 0 Å². The molecule has 0 saturated heterocycles. The smallest absolute Gasteiger partial charge is 0.135 e. The molecule has 2 heterocycles. The first kappa shape index (κ1) is 18.0. The Morgan fingerprint density at radius 2 is 1.94 bits per heavy atom. The van der Waals surface area contributed by atoms with E-state index in [1.54, 1.807) is 11.1 Å². The summed E-state index contributed by atoms with van der Waals surface area (Å²) in [5.74, 6) is 4.54. The second-order valence-electron chi connectivity index (χ2n) is 10.2. The lowest BCUT2D eigenvalue weighted by Crippen LogP contribution is -2.43. The van der Waals surface area contributed by atoms with E-state index in [0.29, 0.717) is 23.0 Å². The molecule has 1 nitrogen and oxygen atoms in total. The number of fused-ring (bicyclic) bond motifs is 3. The Bertz CT molecular complexity index is 1390. The van der Waals surface area contributed by atoms with Crippen LogP contribution in [0.3, 0.4) is 0 Å². The third-order valence-corrected chi connectivity index (χ3v) is 10.0. The predicted octanol–water partition coefficient (Wildman–Crippen LogP) is 5.96. The highest BCUT2D eigenvalue weighted by atomic mass is 32.2. The fourth-order valence-corrected chi connectivity index (χ4v) is 8.73. The van der Waals surface area contributed by atoms with Gasteiger partial charge in [-0.1, -0.05) is 48.6 Å². The van der Waals surface area contributed by atoms with Gasteiger partial charge in [0.25, 0.3) is 0 Å². The minimum atomic E-state index is 0.454. The molecule has 4 aliphatic carbocycles. The largest absolute Gasteiger partial charge is 0.456 e. The minimum absolute atomic E-state index is 0.454. The molecule has 0 bridgehead atoms. The maximum absolute atomic E-state index is 6.43. The van der Waals surface area contributed by atoms with Gasteiger partial charge in [-0.25, -0.2) is 0 Å². The van der Waals surface area contributed by atoms with E-state index in [9.17, 15) is 0 Å². The number of rotatable bonds is 1. The fraction of sp³-hybridized carbons (Fsp3) is 0.333. The van der Waals surface area contributed by atoms with Crippen molar-refractivity contribution in [3.8, 4) is 5.75 Å². The minimum Gasteiger partial charge on any atom is -0.456 e. The summed E-state index contributed by atoms with van der Waals surface area (Å²) in [7, 11) is 0. The molecule has 2 aromatic rings. The Hall–Kier alpha value is -2.45. The zero-order chi connectivity index (χ0) is 20.8. The summed E-state index contributed by atoms with van der Waals surface area (Å²) in [5.41, 5.74) is 6.23. The van der Waals surface area contributed by atoms with Gasteiger partial charge < -0.3 is 4.74 Å². The predicted molar refractivity (Wildman–Crippen MR) is 131 cm³/mol. The van der Waals surface area contributed by atoms with Crippen LogP contribution in [0.5, 0.6) is 5.75 Å². The quantitative estimate of drug-likeness (QED) is 0.513. The van der Waals surface area contributed by atoms with Crippen LogP contribution >= 0.6 is 11.8 Å². The molecule has 1 saturated carbocycles. The third kappa shape index (κ3) is 2.37. The summed E-state index contributed by atoms with van der Waals surface area (Å²) in [4.78, 5) is 1.53. The van der Waals surface area contributed by atoms with Crippen molar-refractivity contribution in [2.45, 2.75) is 54.1 Å². The van der Waals surface area contributed by atoms with Gasteiger partial charge in [-0.15, -0.1) is 11.8 Å². The van der Waals surface area contributed by atoms with Crippen molar-refractivity contribution in [2.24, 2.45) is 11.8 Å². The van der Waals surface area contributed by atoms with Crippen LogP contribution in [0.4, 0.5) is 0 Å². The topological polar surface area (TPSA) is 9.23 Å². The van der Waals surface area contributed by atoms with Crippen LogP contribution in [0.15, 0.2) is 76.9 Å². The Morgan fingerprint density at radius 1 is 0.938 bits per heavy atom. The van der Waals surface area contributed by atoms with E-state index in [0.717, 1.165) is 23.8 Å². The van der Waals surface area contributed by atoms with Crippen LogP contribution in [0.2, 0.25) is 0 Å². The zero-order valence-electron chi connectivity index (χ0n) is 18.1. The van der Waals surface area contributed by atoms with Crippen LogP contribution in [0.1, 0.15) is 55.1 Å². The standard InChI is InChI=1S/C30H26OS/c1-2-10-26-20(7-1)21-13-12-18(16-27(21)32-26)23-15-19-6-4-9-25-29(19)30-22(23)14-11-17-5-3-8-24(31-25)28(17)30/h2-4,6,8-10,12-13,15-17,20,22-23,26H,1,5,7,11,14H2. The molecule has 158 valence electrons. The van der Waals surface area contributed by atoms with Crippen molar-refractivity contribution in [2.75, 3.05) is 0 Å². The summed E-state index contributed by atoms with van der Waals surface area (Å²) in [6.45, 7) is 0. The molecular weight excluding hydrogens is 408 g/mol. The maximum Gasteiger partial charge on any atom is 0.135 e. The van der Waals surface area contributed by atoms with Crippen LogP contribution in [-0.4, -0.2) is 5.25 Å². The van der Waals surface area contributed by atoms with Gasteiger partial charge in [-0.05, 0) is 84.1 Å². The number of allylic oxidation sites excluding steroid dienone is 4. The Morgan fingerprint density at radius 3 is 2.94 bits per heavy atom. The van der Waals surface area contributed by atoms with Gasteiger partial charge in [0, 0.05) is 32.8 Å². The summed E-state index contributed by atoms with van der Waals surface area (Å²) >= 11 is 2.09. The van der Waals surface area contributed by atoms with E-state index in [4.69, 9.17) is 4.74 Å². The maximum atomic E-state index is 6.43.